The van der Waals surface area contributed by atoms with Gasteiger partial charge in [-0.15, -0.1) is 0 Å². The van der Waals surface area contributed by atoms with E-state index in [-0.39, 0.29) is 0 Å². The lowest BCUT2D eigenvalue weighted by molar-refractivity contribution is 0.290. The van der Waals surface area contributed by atoms with Crippen LogP contribution in [-0.2, 0) is 0 Å². The van der Waals surface area contributed by atoms with Crippen molar-refractivity contribution < 1.29 is 0 Å². The fraction of sp³-hybridized carbons (Fsp3) is 0.500. The number of hydrogen-bond donors (Lipinski definition) is 1. The van der Waals surface area contributed by atoms with Gasteiger partial charge in [-0.05, 0) is 50.2 Å². The second-order valence-corrected chi connectivity index (χ2v) is 5.47. The van der Waals surface area contributed by atoms with Gasteiger partial charge in [-0.2, -0.15) is 0 Å². The quantitative estimate of drug-likeness (QED) is 0.501. The highest BCUT2D eigenvalue weighted by Gasteiger charge is 2.00. The van der Waals surface area contributed by atoms with Crippen LogP contribution in [0.1, 0.15) is 32.3 Å². The van der Waals surface area contributed by atoms with Crippen molar-refractivity contribution in [2.45, 2.75) is 26.7 Å². The summed E-state index contributed by atoms with van der Waals surface area (Å²) in [4.78, 5) is 2.51. The summed E-state index contributed by atoms with van der Waals surface area (Å²) in [6.45, 7) is 11.8. The van der Waals surface area contributed by atoms with Gasteiger partial charge >= 0.3 is 0 Å². The summed E-state index contributed by atoms with van der Waals surface area (Å²) in [6.07, 6.45) is 4.34. The van der Waals surface area contributed by atoms with Gasteiger partial charge in [0.1, 0.15) is 0 Å². The zero-order valence-corrected chi connectivity index (χ0v) is 13.0. The molecule has 0 aliphatic rings. The van der Waals surface area contributed by atoms with Gasteiger partial charge in [-0.25, -0.2) is 0 Å². The van der Waals surface area contributed by atoms with Gasteiger partial charge in [0.05, 0.1) is 0 Å². The number of rotatable bonds is 10. The molecule has 0 heterocycles. The molecular weight excluding hydrogens is 252 g/mol. The van der Waals surface area contributed by atoms with E-state index in [9.17, 15) is 0 Å². The van der Waals surface area contributed by atoms with Crippen LogP contribution in [0.3, 0.4) is 0 Å². The fourth-order valence-corrected chi connectivity index (χ4v) is 2.60. The van der Waals surface area contributed by atoms with Crippen molar-refractivity contribution in [2.75, 3.05) is 30.1 Å². The Balaban J connectivity index is 2.14. The first-order chi connectivity index (χ1) is 9.30. The predicted molar refractivity (Wildman–Crippen MR) is 89.6 cm³/mol. The van der Waals surface area contributed by atoms with Gasteiger partial charge < -0.3 is 9.62 Å². The van der Waals surface area contributed by atoms with Gasteiger partial charge in [-0.1, -0.05) is 50.6 Å². The number of nitrogens with zero attached hydrogens (tertiary/aromatic N) is 1. The van der Waals surface area contributed by atoms with E-state index in [2.05, 4.69) is 54.3 Å². The normalized spacial score (nSPS) is 10.7. The standard InChI is InChI=1S/C16H26N2S/c1-4-12-18(6-3)13-7-14-19-17-16-10-8-15(5-2)9-11-16/h5,8-11,17H,2,4,6-7,12-14H2,1,3H3. The Morgan fingerprint density at radius 3 is 2.53 bits per heavy atom. The van der Waals surface area contributed by atoms with E-state index in [0.717, 1.165) is 23.5 Å². The third-order valence-corrected chi connectivity index (χ3v) is 3.92. The molecule has 0 bridgehead atoms. The Kier molecular flexibility index (Phi) is 8.43. The van der Waals surface area contributed by atoms with E-state index in [1.807, 2.05) is 6.08 Å². The zero-order chi connectivity index (χ0) is 13.9. The minimum absolute atomic E-state index is 1.14. The van der Waals surface area contributed by atoms with Crippen LogP contribution in [0.25, 0.3) is 6.08 Å². The Bertz CT molecular complexity index is 348. The predicted octanol–water partition coefficient (Wildman–Crippen LogP) is 4.51. The molecule has 0 aromatic heterocycles. The maximum Gasteiger partial charge on any atom is 0.0440 e. The highest BCUT2D eigenvalue weighted by molar-refractivity contribution is 8.00. The van der Waals surface area contributed by atoms with Crippen molar-refractivity contribution in [3.05, 3.63) is 36.4 Å². The topological polar surface area (TPSA) is 15.3 Å². The molecule has 19 heavy (non-hydrogen) atoms. The molecule has 0 saturated heterocycles. The Morgan fingerprint density at radius 1 is 1.21 bits per heavy atom. The Hall–Kier alpha value is -0.930. The molecule has 0 unspecified atom stereocenters. The minimum atomic E-state index is 1.14. The van der Waals surface area contributed by atoms with Gasteiger partial charge in [0.25, 0.3) is 0 Å². The second-order valence-electron chi connectivity index (χ2n) is 4.56. The summed E-state index contributed by atoms with van der Waals surface area (Å²) in [5, 5.41) is 0. The van der Waals surface area contributed by atoms with Gasteiger partial charge in [0, 0.05) is 11.4 Å². The summed E-state index contributed by atoms with van der Waals surface area (Å²) >= 11 is 1.79. The SMILES string of the molecule is C=Cc1ccc(NSCCCN(CC)CCC)cc1. The van der Waals surface area contributed by atoms with Crippen molar-refractivity contribution in [3.8, 4) is 0 Å². The number of benzene rings is 1. The lowest BCUT2D eigenvalue weighted by atomic mass is 10.2. The summed E-state index contributed by atoms with van der Waals surface area (Å²) in [7, 11) is 0. The summed E-state index contributed by atoms with van der Waals surface area (Å²) in [6, 6.07) is 8.35. The summed E-state index contributed by atoms with van der Waals surface area (Å²) in [5.74, 6) is 1.14. The van der Waals surface area contributed by atoms with Crippen LogP contribution in [0, 0.1) is 0 Å². The van der Waals surface area contributed by atoms with Crippen LogP contribution >= 0.6 is 11.9 Å². The number of anilines is 1. The largest absolute Gasteiger partial charge is 0.330 e. The lowest BCUT2D eigenvalue weighted by Gasteiger charge is -2.19. The monoisotopic (exact) mass is 278 g/mol. The van der Waals surface area contributed by atoms with Crippen LogP contribution in [0.5, 0.6) is 0 Å². The van der Waals surface area contributed by atoms with Crippen LogP contribution in [0.2, 0.25) is 0 Å². The van der Waals surface area contributed by atoms with E-state index >= 15 is 0 Å². The molecule has 106 valence electrons. The molecular formula is C16H26N2S. The van der Waals surface area contributed by atoms with E-state index in [0.29, 0.717) is 0 Å². The van der Waals surface area contributed by atoms with E-state index < -0.39 is 0 Å². The number of hydrogen-bond acceptors (Lipinski definition) is 3. The molecule has 0 atom stereocenters. The first-order valence-electron chi connectivity index (χ1n) is 7.12. The highest BCUT2D eigenvalue weighted by atomic mass is 32.2. The zero-order valence-electron chi connectivity index (χ0n) is 12.2. The maximum atomic E-state index is 3.76. The van der Waals surface area contributed by atoms with Crippen molar-refractivity contribution in [3.63, 3.8) is 0 Å². The van der Waals surface area contributed by atoms with Gasteiger partial charge in [-0.3, -0.25) is 0 Å². The van der Waals surface area contributed by atoms with Gasteiger partial charge in [0.15, 0.2) is 0 Å². The van der Waals surface area contributed by atoms with E-state index in [1.165, 1.54) is 25.9 Å². The first-order valence-corrected chi connectivity index (χ1v) is 8.11. The molecule has 0 spiro atoms. The molecule has 0 fully saturated rings. The van der Waals surface area contributed by atoms with Crippen molar-refractivity contribution in [1.82, 2.24) is 4.90 Å². The fourth-order valence-electron chi connectivity index (χ4n) is 1.93. The maximum absolute atomic E-state index is 3.76. The molecule has 0 aliphatic carbocycles. The molecule has 0 radical (unpaired) electrons. The molecule has 1 N–H and O–H groups in total. The van der Waals surface area contributed by atoms with Crippen molar-refractivity contribution in [1.29, 1.82) is 0 Å². The molecule has 3 heteroatoms. The molecule has 2 nitrogen and oxygen atoms in total. The van der Waals surface area contributed by atoms with Crippen molar-refractivity contribution in [2.24, 2.45) is 0 Å². The molecule has 0 saturated carbocycles. The number of nitrogens with one attached hydrogen (secondary N) is 1. The van der Waals surface area contributed by atoms with Crippen LogP contribution in [0.4, 0.5) is 5.69 Å². The van der Waals surface area contributed by atoms with Gasteiger partial charge in [0.2, 0.25) is 0 Å². The second kappa shape index (κ2) is 9.93. The molecule has 1 rings (SSSR count). The van der Waals surface area contributed by atoms with Crippen molar-refractivity contribution >= 4 is 23.7 Å². The van der Waals surface area contributed by atoms with Crippen LogP contribution in [-0.4, -0.2) is 30.3 Å². The highest BCUT2D eigenvalue weighted by Crippen LogP contribution is 2.15. The lowest BCUT2D eigenvalue weighted by Crippen LogP contribution is -2.25. The molecule has 0 amide bonds. The smallest absolute Gasteiger partial charge is 0.0440 e. The average Bonchev–Trinajstić information content (AvgIpc) is 2.46. The first kappa shape index (κ1) is 16.1. The summed E-state index contributed by atoms with van der Waals surface area (Å²) < 4.78 is 3.38. The molecule has 1 aromatic rings. The summed E-state index contributed by atoms with van der Waals surface area (Å²) in [5.41, 5.74) is 2.32. The molecule has 0 aliphatic heterocycles. The Labute approximate surface area is 122 Å². The Morgan fingerprint density at radius 2 is 1.95 bits per heavy atom. The third-order valence-electron chi connectivity index (χ3n) is 3.04. The van der Waals surface area contributed by atoms with Crippen LogP contribution in [0.15, 0.2) is 30.8 Å². The van der Waals surface area contributed by atoms with E-state index in [1.54, 1.807) is 11.9 Å². The third kappa shape index (κ3) is 6.69. The average molecular weight is 278 g/mol. The van der Waals surface area contributed by atoms with E-state index in [4.69, 9.17) is 0 Å². The van der Waals surface area contributed by atoms with Crippen LogP contribution < -0.4 is 4.72 Å². The molecule has 1 aromatic carbocycles. The minimum Gasteiger partial charge on any atom is -0.330 e.